The number of nitriles is 1. The molecule has 1 aliphatic heterocycles. The predicted octanol–water partition coefficient (Wildman–Crippen LogP) is 2.08. The fraction of sp³-hybridized carbons (Fsp3) is 0.250. The number of nitrogens with zero attached hydrogens (tertiary/aromatic N) is 4. The quantitative estimate of drug-likeness (QED) is 0.756. The summed E-state index contributed by atoms with van der Waals surface area (Å²) in [5.74, 6) is -0.139. The molecule has 3 aromatic heterocycles. The van der Waals surface area contributed by atoms with Gasteiger partial charge < -0.3 is 14.9 Å². The second-order valence-corrected chi connectivity index (χ2v) is 5.55. The van der Waals surface area contributed by atoms with E-state index >= 15 is 0 Å². The van der Waals surface area contributed by atoms with E-state index in [9.17, 15) is 4.79 Å². The van der Waals surface area contributed by atoms with Gasteiger partial charge in [0.1, 0.15) is 23.7 Å². The zero-order valence-electron chi connectivity index (χ0n) is 12.3. The van der Waals surface area contributed by atoms with Crippen LogP contribution in [0.1, 0.15) is 23.3 Å². The van der Waals surface area contributed by atoms with Crippen LogP contribution in [0, 0.1) is 11.3 Å². The summed E-state index contributed by atoms with van der Waals surface area (Å²) < 4.78 is 0. The van der Waals surface area contributed by atoms with Gasteiger partial charge in [-0.2, -0.15) is 5.26 Å². The number of amides is 1. The van der Waals surface area contributed by atoms with Gasteiger partial charge >= 0.3 is 0 Å². The summed E-state index contributed by atoms with van der Waals surface area (Å²) in [6.45, 7) is 0.626. The molecule has 1 unspecified atom stereocenters. The molecule has 1 saturated heterocycles. The molecule has 0 bridgehead atoms. The Morgan fingerprint density at radius 1 is 1.39 bits per heavy atom. The highest BCUT2D eigenvalue weighted by atomic mass is 16.2. The first-order valence-electron chi connectivity index (χ1n) is 7.45. The predicted molar refractivity (Wildman–Crippen MR) is 83.3 cm³/mol. The first kappa shape index (κ1) is 13.5. The number of carbonyl (C=O) groups is 1. The first-order valence-corrected chi connectivity index (χ1v) is 7.45. The third kappa shape index (κ3) is 2.16. The molecule has 1 aliphatic rings. The maximum absolute atomic E-state index is 12.6. The van der Waals surface area contributed by atoms with Crippen molar-refractivity contribution in [2.24, 2.45) is 0 Å². The third-order valence-electron chi connectivity index (χ3n) is 4.20. The minimum Gasteiger partial charge on any atom is -0.357 e. The van der Waals surface area contributed by atoms with E-state index in [1.807, 2.05) is 12.3 Å². The fourth-order valence-corrected chi connectivity index (χ4v) is 3.06. The zero-order valence-corrected chi connectivity index (χ0v) is 12.3. The topological polar surface area (TPSA) is 101 Å². The van der Waals surface area contributed by atoms with E-state index < -0.39 is 0 Å². The highest BCUT2D eigenvalue weighted by molar-refractivity contribution is 5.96. The molecule has 1 fully saturated rings. The number of likely N-dealkylation sites (tertiary alicyclic amines) is 1. The van der Waals surface area contributed by atoms with Crippen LogP contribution in [0.3, 0.4) is 0 Å². The first-order chi connectivity index (χ1) is 11.3. The van der Waals surface area contributed by atoms with Gasteiger partial charge in [0.05, 0.1) is 11.8 Å². The van der Waals surface area contributed by atoms with Crippen LogP contribution in [0.2, 0.25) is 0 Å². The van der Waals surface area contributed by atoms with Crippen molar-refractivity contribution < 1.29 is 4.79 Å². The largest absolute Gasteiger partial charge is 0.357 e. The van der Waals surface area contributed by atoms with Gasteiger partial charge in [0.25, 0.3) is 5.91 Å². The monoisotopic (exact) mass is 306 g/mol. The molecule has 7 heteroatoms. The molecule has 0 saturated carbocycles. The van der Waals surface area contributed by atoms with Crippen molar-refractivity contribution in [3.05, 3.63) is 36.5 Å². The van der Waals surface area contributed by atoms with Crippen molar-refractivity contribution in [3.8, 4) is 17.3 Å². The molecule has 1 amide bonds. The zero-order chi connectivity index (χ0) is 15.8. The summed E-state index contributed by atoms with van der Waals surface area (Å²) in [5, 5.41) is 10.0. The van der Waals surface area contributed by atoms with Crippen molar-refractivity contribution in [2.75, 3.05) is 6.54 Å². The summed E-state index contributed by atoms with van der Waals surface area (Å²) in [7, 11) is 0. The van der Waals surface area contributed by atoms with Crippen molar-refractivity contribution in [2.45, 2.75) is 18.9 Å². The number of fused-ring (bicyclic) bond motifs is 1. The van der Waals surface area contributed by atoms with E-state index in [-0.39, 0.29) is 11.9 Å². The van der Waals surface area contributed by atoms with Crippen molar-refractivity contribution in [1.29, 1.82) is 5.26 Å². The van der Waals surface area contributed by atoms with E-state index in [4.69, 9.17) is 5.26 Å². The van der Waals surface area contributed by atoms with Crippen LogP contribution < -0.4 is 0 Å². The lowest BCUT2D eigenvalue weighted by molar-refractivity contribution is 0.0759. The standard InChI is InChI=1S/C16H14N6O/c17-7-11-2-1-5-22(11)16(23)13-6-10(8-19-13)14-12-3-4-18-15(12)21-9-20-14/h3-4,6,8-9,11,19H,1-2,5H2,(H,18,20,21). The normalized spacial score (nSPS) is 17.5. The van der Waals surface area contributed by atoms with E-state index in [0.29, 0.717) is 12.2 Å². The van der Waals surface area contributed by atoms with Crippen LogP contribution in [0.25, 0.3) is 22.3 Å². The van der Waals surface area contributed by atoms with Gasteiger partial charge in [0.15, 0.2) is 0 Å². The Morgan fingerprint density at radius 3 is 3.17 bits per heavy atom. The molecule has 4 heterocycles. The maximum atomic E-state index is 12.6. The lowest BCUT2D eigenvalue weighted by Gasteiger charge is -2.18. The second kappa shape index (κ2) is 5.25. The number of nitrogens with one attached hydrogen (secondary N) is 2. The molecule has 23 heavy (non-hydrogen) atoms. The van der Waals surface area contributed by atoms with Crippen LogP contribution in [0.4, 0.5) is 0 Å². The molecule has 3 aromatic rings. The molecule has 0 radical (unpaired) electrons. The van der Waals surface area contributed by atoms with Gasteiger partial charge in [-0.15, -0.1) is 0 Å². The Labute approximate surface area is 132 Å². The maximum Gasteiger partial charge on any atom is 0.271 e. The van der Waals surface area contributed by atoms with Gasteiger partial charge in [-0.3, -0.25) is 4.79 Å². The van der Waals surface area contributed by atoms with E-state index in [1.165, 1.54) is 6.33 Å². The average molecular weight is 306 g/mol. The number of rotatable bonds is 2. The fourth-order valence-electron chi connectivity index (χ4n) is 3.06. The molecule has 4 rings (SSSR count). The molecule has 2 N–H and O–H groups in total. The molecule has 7 nitrogen and oxygen atoms in total. The summed E-state index contributed by atoms with van der Waals surface area (Å²) in [6, 6.07) is 5.55. The van der Waals surface area contributed by atoms with Crippen LogP contribution in [-0.2, 0) is 0 Å². The van der Waals surface area contributed by atoms with Crippen LogP contribution in [0.15, 0.2) is 30.9 Å². The van der Waals surface area contributed by atoms with Crippen LogP contribution >= 0.6 is 0 Å². The molecular weight excluding hydrogens is 292 g/mol. The molecular formula is C16H14N6O. The molecule has 114 valence electrons. The Morgan fingerprint density at radius 2 is 2.30 bits per heavy atom. The minimum atomic E-state index is -0.329. The Bertz CT molecular complexity index is 918. The van der Waals surface area contributed by atoms with E-state index in [0.717, 1.165) is 35.1 Å². The van der Waals surface area contributed by atoms with Crippen molar-refractivity contribution in [3.63, 3.8) is 0 Å². The number of carbonyl (C=O) groups excluding carboxylic acids is 1. The summed E-state index contributed by atoms with van der Waals surface area (Å²) >= 11 is 0. The number of aromatic nitrogens is 4. The smallest absolute Gasteiger partial charge is 0.271 e. The summed E-state index contributed by atoms with van der Waals surface area (Å²) in [5.41, 5.74) is 2.83. The van der Waals surface area contributed by atoms with Gasteiger partial charge in [-0.25, -0.2) is 9.97 Å². The van der Waals surface area contributed by atoms with Crippen molar-refractivity contribution in [1.82, 2.24) is 24.8 Å². The highest BCUT2D eigenvalue weighted by Crippen LogP contribution is 2.26. The Kier molecular flexibility index (Phi) is 3.08. The van der Waals surface area contributed by atoms with Gasteiger partial charge in [-0.05, 0) is 25.0 Å². The van der Waals surface area contributed by atoms with Crippen LogP contribution in [-0.4, -0.2) is 43.3 Å². The summed E-state index contributed by atoms with van der Waals surface area (Å²) in [6.07, 6.45) is 6.68. The third-order valence-corrected chi connectivity index (χ3v) is 4.20. The molecule has 0 aromatic carbocycles. The van der Waals surface area contributed by atoms with Crippen LogP contribution in [0.5, 0.6) is 0 Å². The number of aromatic amines is 2. The Balaban J connectivity index is 1.68. The second-order valence-electron chi connectivity index (χ2n) is 5.55. The minimum absolute atomic E-state index is 0.139. The SMILES string of the molecule is N#CC1CCCN1C(=O)c1cc(-c2ncnc3[nH]ccc23)c[nH]1. The average Bonchev–Trinajstić information content (AvgIpc) is 3.32. The highest BCUT2D eigenvalue weighted by Gasteiger charge is 2.30. The number of hydrogen-bond donors (Lipinski definition) is 2. The number of H-pyrrole nitrogens is 2. The van der Waals surface area contributed by atoms with E-state index in [1.54, 1.807) is 17.2 Å². The van der Waals surface area contributed by atoms with Crippen molar-refractivity contribution >= 4 is 16.9 Å². The lowest BCUT2D eigenvalue weighted by atomic mass is 10.1. The van der Waals surface area contributed by atoms with E-state index in [2.05, 4.69) is 26.0 Å². The number of hydrogen-bond acceptors (Lipinski definition) is 4. The van der Waals surface area contributed by atoms with Gasteiger partial charge in [-0.1, -0.05) is 0 Å². The Hall–Kier alpha value is -3.14. The summed E-state index contributed by atoms with van der Waals surface area (Å²) in [4.78, 5) is 28.7. The molecule has 0 spiro atoms. The molecule has 0 aliphatic carbocycles. The van der Waals surface area contributed by atoms with Gasteiger partial charge in [0, 0.05) is 29.9 Å². The molecule has 1 atom stereocenters. The lowest BCUT2D eigenvalue weighted by Crippen LogP contribution is -2.34. The van der Waals surface area contributed by atoms with Gasteiger partial charge in [0.2, 0.25) is 0 Å².